The van der Waals surface area contributed by atoms with E-state index in [1.807, 2.05) is 6.07 Å². The molecule has 6 N–H and O–H groups in total. The molecule has 2 heterocycles. The predicted molar refractivity (Wildman–Crippen MR) is 177 cm³/mol. The summed E-state index contributed by atoms with van der Waals surface area (Å²) in [5.74, 6) is -1.45. The summed E-state index contributed by atoms with van der Waals surface area (Å²) in [7, 11) is -1.62. The highest BCUT2D eigenvalue weighted by molar-refractivity contribution is 7.53. The van der Waals surface area contributed by atoms with Gasteiger partial charge in [0.05, 0.1) is 29.2 Å². The Balaban J connectivity index is 1.50. The monoisotopic (exact) mass is 704 g/mol. The van der Waals surface area contributed by atoms with Gasteiger partial charge in [0, 0.05) is 25.7 Å². The van der Waals surface area contributed by atoms with Crippen LogP contribution in [0.2, 0.25) is 0 Å². The van der Waals surface area contributed by atoms with Crippen molar-refractivity contribution in [1.82, 2.24) is 14.9 Å². The van der Waals surface area contributed by atoms with E-state index >= 15 is 0 Å². The number of halogens is 3. The maximum Gasteiger partial charge on any atom is 0.421 e. The second kappa shape index (κ2) is 13.6. The van der Waals surface area contributed by atoms with Gasteiger partial charge in [-0.05, 0) is 79.3 Å². The first-order chi connectivity index (χ1) is 23.0. The van der Waals surface area contributed by atoms with E-state index in [1.54, 1.807) is 27.0 Å². The quantitative estimate of drug-likeness (QED) is 0.138. The number of nitrogens with zero attached hydrogens (tertiary/aromatic N) is 3. The zero-order valence-electron chi connectivity index (χ0n) is 27.6. The fraction of sp³-hybridized carbons (Fsp3) is 0.455. The molecule has 0 unspecified atom stereocenters. The molecule has 49 heavy (non-hydrogen) atoms. The van der Waals surface area contributed by atoms with Crippen molar-refractivity contribution in [2.45, 2.75) is 76.2 Å². The van der Waals surface area contributed by atoms with Crippen LogP contribution in [0, 0.1) is 5.92 Å². The van der Waals surface area contributed by atoms with Gasteiger partial charge in [-0.25, -0.2) is 4.98 Å². The summed E-state index contributed by atoms with van der Waals surface area (Å²) in [6, 6.07) is 7.89. The molecule has 16 heteroatoms. The lowest BCUT2D eigenvalue weighted by molar-refractivity contribution is -0.137. The largest absolute Gasteiger partial charge is 0.495 e. The van der Waals surface area contributed by atoms with Crippen LogP contribution >= 0.6 is 7.60 Å². The van der Waals surface area contributed by atoms with Crippen molar-refractivity contribution in [3.63, 3.8) is 0 Å². The highest BCUT2D eigenvalue weighted by atomic mass is 31.2. The molecule has 0 spiro atoms. The van der Waals surface area contributed by atoms with Crippen LogP contribution in [0.15, 0.2) is 36.5 Å². The zero-order valence-corrected chi connectivity index (χ0v) is 28.5. The van der Waals surface area contributed by atoms with Gasteiger partial charge < -0.3 is 35.8 Å². The molecule has 5 rings (SSSR count). The van der Waals surface area contributed by atoms with E-state index in [1.165, 1.54) is 30.2 Å². The Hall–Kier alpha value is -4.20. The van der Waals surface area contributed by atoms with Crippen molar-refractivity contribution in [2.24, 2.45) is 11.7 Å². The number of nitrogens with two attached hydrogens (primary N) is 1. The van der Waals surface area contributed by atoms with Gasteiger partial charge in [0.1, 0.15) is 17.1 Å². The number of benzene rings is 2. The minimum Gasteiger partial charge on any atom is -0.495 e. The van der Waals surface area contributed by atoms with E-state index in [4.69, 9.17) is 10.5 Å². The molecular weight excluding hydrogens is 664 g/mol. The summed E-state index contributed by atoms with van der Waals surface area (Å²) in [6.07, 6.45) is -1.25. The third-order valence-corrected chi connectivity index (χ3v) is 11.9. The molecule has 12 nitrogen and oxygen atoms in total. The Kier molecular flexibility index (Phi) is 10.0. The van der Waals surface area contributed by atoms with Crippen LogP contribution in [0.4, 0.5) is 36.3 Å². The highest BCUT2D eigenvalue weighted by Gasteiger charge is 2.46. The summed E-state index contributed by atoms with van der Waals surface area (Å²) >= 11 is 0. The molecule has 3 aromatic rings. The Morgan fingerprint density at radius 1 is 1.08 bits per heavy atom. The first-order valence-corrected chi connectivity index (χ1v) is 17.6. The summed E-state index contributed by atoms with van der Waals surface area (Å²) in [4.78, 5) is 54.9. The highest BCUT2D eigenvalue weighted by Crippen LogP contribution is 2.61. The lowest BCUT2D eigenvalue weighted by Gasteiger charge is -2.33. The lowest BCUT2D eigenvalue weighted by atomic mass is 9.76. The van der Waals surface area contributed by atoms with Gasteiger partial charge in [0.2, 0.25) is 11.9 Å². The van der Waals surface area contributed by atoms with Crippen LogP contribution in [0.3, 0.4) is 0 Å². The van der Waals surface area contributed by atoms with Crippen LogP contribution in [0.25, 0.3) is 0 Å². The third kappa shape index (κ3) is 6.84. The van der Waals surface area contributed by atoms with E-state index < -0.39 is 30.3 Å². The number of rotatable bonds is 11. The molecule has 264 valence electrons. The molecule has 0 saturated heterocycles. The molecule has 2 aliphatic rings. The third-order valence-electron chi connectivity index (χ3n) is 9.93. The second-order valence-corrected chi connectivity index (χ2v) is 14.5. The molecule has 2 amide bonds. The molecule has 1 saturated carbocycles. The first kappa shape index (κ1) is 36.1. The van der Waals surface area contributed by atoms with Gasteiger partial charge >= 0.3 is 13.8 Å². The normalized spacial score (nSPS) is 18.3. The van der Waals surface area contributed by atoms with E-state index in [9.17, 15) is 37.1 Å². The average Bonchev–Trinajstić information content (AvgIpc) is 3.35. The summed E-state index contributed by atoms with van der Waals surface area (Å²) < 4.78 is 60.7. The zero-order chi connectivity index (χ0) is 35.9. The maximum absolute atomic E-state index is 14.2. The number of hydrogen-bond acceptors (Lipinski definition) is 8. The average molecular weight is 705 g/mol. The van der Waals surface area contributed by atoms with Gasteiger partial charge in [0.15, 0.2) is 0 Å². The Labute approximate surface area is 281 Å². The number of methoxy groups -OCH3 is 1. The van der Waals surface area contributed by atoms with Crippen molar-refractivity contribution in [3.05, 3.63) is 64.3 Å². The smallest absolute Gasteiger partial charge is 0.421 e. The number of nitrogens with one attached hydrogen (secondary N) is 2. The van der Waals surface area contributed by atoms with Crippen molar-refractivity contribution >= 4 is 42.6 Å². The number of alkyl halides is 3. The van der Waals surface area contributed by atoms with Crippen LogP contribution in [0.5, 0.6) is 5.75 Å². The molecule has 2 aromatic carbocycles. The van der Waals surface area contributed by atoms with Gasteiger partial charge in [0.25, 0.3) is 5.91 Å². The van der Waals surface area contributed by atoms with Gasteiger partial charge in [-0.3, -0.25) is 14.2 Å². The number of hydrogen-bond donors (Lipinski definition) is 5. The summed E-state index contributed by atoms with van der Waals surface area (Å²) in [6.45, 7) is 3.64. The Morgan fingerprint density at radius 3 is 2.31 bits per heavy atom. The molecular formula is C33H40F3N6O6P. The second-order valence-electron chi connectivity index (χ2n) is 12.6. The summed E-state index contributed by atoms with van der Waals surface area (Å²) in [5, 5.41) is 4.16. The van der Waals surface area contributed by atoms with Gasteiger partial charge in [-0.1, -0.05) is 26.0 Å². The number of ether oxygens (including phenoxy) is 1. The van der Waals surface area contributed by atoms with Gasteiger partial charge in [-0.15, -0.1) is 0 Å². The van der Waals surface area contributed by atoms with Crippen LogP contribution in [-0.4, -0.2) is 50.6 Å². The number of primary amides is 1. The molecule has 1 fully saturated rings. The van der Waals surface area contributed by atoms with E-state index in [2.05, 4.69) is 20.6 Å². The number of carbonyl (C=O) groups is 2. The number of fused-ring (bicyclic) bond motifs is 1. The minimum atomic E-state index is -4.84. The molecule has 0 atom stereocenters. The van der Waals surface area contributed by atoms with E-state index in [-0.39, 0.29) is 71.7 Å². The number of anilines is 4. The predicted octanol–water partition coefficient (Wildman–Crippen LogP) is 6.53. The topological polar surface area (TPSA) is 180 Å². The SMILES string of the molecule is CCC(CC)(c1ccc(Nc2ncc(C(F)(F)F)c(Nc3ccc(C4CCC(C(N)=O)CC4)c4c3C(=O)N(C)C4)n2)c(OC)c1)P(=O)(O)O. The standard InChI is InChI=1S/C33H40F3N6O6P/c1-5-32(6-2,49(45,46)47)20-11-13-24(26(15-20)48-4)40-31-38-16-23(33(34,35)36)29(41-31)39-25-14-12-21(22-17-42(3)30(44)27(22)25)18-7-9-19(10-8-18)28(37)43/h11-16,18-19H,5-10,17H2,1-4H3,(H2,37,43)(H2,45,46,47)(H2,38,39,40,41). The number of amides is 2. The number of aromatic nitrogens is 2. The van der Waals surface area contributed by atoms with Crippen LogP contribution < -0.4 is 21.1 Å². The molecule has 1 aliphatic carbocycles. The van der Waals surface area contributed by atoms with E-state index in [0.29, 0.717) is 37.4 Å². The molecule has 1 aliphatic heterocycles. The molecule has 1 aromatic heterocycles. The number of carbonyl (C=O) groups excluding carboxylic acids is 2. The summed E-state index contributed by atoms with van der Waals surface area (Å²) in [5.41, 5.74) is 7.00. The first-order valence-electron chi connectivity index (χ1n) is 16.0. The fourth-order valence-corrected chi connectivity index (χ4v) is 8.37. The van der Waals surface area contributed by atoms with Crippen molar-refractivity contribution < 1.29 is 41.8 Å². The van der Waals surface area contributed by atoms with Crippen molar-refractivity contribution in [1.29, 1.82) is 0 Å². The maximum atomic E-state index is 14.2. The fourth-order valence-electron chi connectivity index (χ4n) is 7.07. The van der Waals surface area contributed by atoms with Crippen molar-refractivity contribution in [2.75, 3.05) is 24.8 Å². The minimum absolute atomic E-state index is 0.0705. The van der Waals surface area contributed by atoms with Crippen LogP contribution in [0.1, 0.15) is 90.9 Å². The van der Waals surface area contributed by atoms with Crippen molar-refractivity contribution in [3.8, 4) is 5.75 Å². The van der Waals surface area contributed by atoms with Crippen LogP contribution in [-0.2, 0) is 27.2 Å². The molecule has 0 bridgehead atoms. The van der Waals surface area contributed by atoms with E-state index in [0.717, 1.165) is 11.1 Å². The van der Waals surface area contributed by atoms with Gasteiger partial charge in [-0.2, -0.15) is 18.2 Å². The molecule has 0 radical (unpaired) electrons. The Bertz CT molecular complexity index is 1800. The Morgan fingerprint density at radius 2 is 1.73 bits per heavy atom. The lowest BCUT2D eigenvalue weighted by Crippen LogP contribution is -2.27.